The lowest BCUT2D eigenvalue weighted by atomic mass is 10.1. The highest BCUT2D eigenvalue weighted by molar-refractivity contribution is 7.15. The molecule has 0 radical (unpaired) electrons. The molecule has 1 aliphatic rings. The van der Waals surface area contributed by atoms with Gasteiger partial charge in [0.25, 0.3) is 0 Å². The normalized spacial score (nSPS) is 18.1. The highest BCUT2D eigenvalue weighted by Crippen LogP contribution is 2.34. The van der Waals surface area contributed by atoms with Gasteiger partial charge in [-0.15, -0.1) is 10.2 Å². The van der Waals surface area contributed by atoms with E-state index in [1.165, 1.54) is 12.8 Å². The zero-order valence-electron chi connectivity index (χ0n) is 9.53. The minimum atomic E-state index is 0.634. The molecule has 15 heavy (non-hydrogen) atoms. The number of anilines is 1. The molecular formula is C10H18N4S. The average molecular weight is 226 g/mol. The van der Waals surface area contributed by atoms with Gasteiger partial charge in [-0.25, -0.2) is 0 Å². The van der Waals surface area contributed by atoms with Gasteiger partial charge in [0.05, 0.1) is 0 Å². The maximum absolute atomic E-state index is 4.07. The van der Waals surface area contributed by atoms with E-state index in [1.54, 1.807) is 11.3 Å². The van der Waals surface area contributed by atoms with Crippen molar-refractivity contribution in [3.63, 3.8) is 0 Å². The van der Waals surface area contributed by atoms with Crippen LogP contribution in [-0.2, 0) is 0 Å². The maximum Gasteiger partial charge on any atom is 0.205 e. The Bertz CT molecular complexity index is 317. The summed E-state index contributed by atoms with van der Waals surface area (Å²) in [6.45, 7) is 2.96. The lowest BCUT2D eigenvalue weighted by Gasteiger charge is -2.24. The van der Waals surface area contributed by atoms with Crippen LogP contribution >= 0.6 is 11.3 Å². The van der Waals surface area contributed by atoms with Crippen molar-refractivity contribution in [2.45, 2.75) is 25.8 Å². The van der Waals surface area contributed by atoms with Gasteiger partial charge in [0.2, 0.25) is 5.13 Å². The molecule has 1 fully saturated rings. The Morgan fingerprint density at radius 1 is 1.47 bits per heavy atom. The molecule has 1 N–H and O–H groups in total. The Kier molecular flexibility index (Phi) is 3.21. The van der Waals surface area contributed by atoms with Gasteiger partial charge in [0.15, 0.2) is 0 Å². The SMILES string of the molecule is Cc1nnc(NCC(C2CC2)N(C)C)s1. The fourth-order valence-corrected chi connectivity index (χ4v) is 2.41. The van der Waals surface area contributed by atoms with Crippen LogP contribution in [0, 0.1) is 12.8 Å². The van der Waals surface area contributed by atoms with Crippen molar-refractivity contribution in [3.05, 3.63) is 5.01 Å². The zero-order valence-corrected chi connectivity index (χ0v) is 10.3. The second-order valence-corrected chi connectivity index (χ2v) is 5.56. The molecule has 4 nitrogen and oxygen atoms in total. The standard InChI is InChI=1S/C10H18N4S/c1-7-12-13-10(15-7)11-6-9(14(2)3)8-4-5-8/h8-9H,4-6H2,1-3H3,(H,11,13). The first-order chi connectivity index (χ1) is 7.16. The summed E-state index contributed by atoms with van der Waals surface area (Å²) in [5.74, 6) is 0.876. The van der Waals surface area contributed by atoms with E-state index in [1.807, 2.05) is 6.92 Å². The van der Waals surface area contributed by atoms with Gasteiger partial charge in [0, 0.05) is 12.6 Å². The van der Waals surface area contributed by atoms with Gasteiger partial charge in [-0.3, -0.25) is 0 Å². The number of aryl methyl sites for hydroxylation is 1. The van der Waals surface area contributed by atoms with Crippen LogP contribution in [-0.4, -0.2) is 41.8 Å². The minimum absolute atomic E-state index is 0.634. The van der Waals surface area contributed by atoms with Crippen LogP contribution in [0.25, 0.3) is 0 Å². The summed E-state index contributed by atoms with van der Waals surface area (Å²) in [6.07, 6.45) is 2.75. The van der Waals surface area contributed by atoms with Crippen molar-refractivity contribution in [2.75, 3.05) is 26.0 Å². The molecule has 0 spiro atoms. The largest absolute Gasteiger partial charge is 0.358 e. The van der Waals surface area contributed by atoms with Gasteiger partial charge < -0.3 is 10.2 Å². The quantitative estimate of drug-likeness (QED) is 0.828. The fraction of sp³-hybridized carbons (Fsp3) is 0.800. The topological polar surface area (TPSA) is 41.1 Å². The van der Waals surface area contributed by atoms with E-state index in [0.717, 1.165) is 22.6 Å². The molecule has 1 atom stereocenters. The van der Waals surface area contributed by atoms with Gasteiger partial charge in [0.1, 0.15) is 5.01 Å². The molecule has 5 heteroatoms. The van der Waals surface area contributed by atoms with E-state index in [2.05, 4.69) is 34.5 Å². The summed E-state index contributed by atoms with van der Waals surface area (Å²) in [6, 6.07) is 0.634. The third-order valence-electron chi connectivity index (χ3n) is 2.82. The number of nitrogens with zero attached hydrogens (tertiary/aromatic N) is 3. The zero-order chi connectivity index (χ0) is 10.8. The first-order valence-electron chi connectivity index (χ1n) is 5.37. The molecule has 1 aromatic rings. The first-order valence-corrected chi connectivity index (χ1v) is 6.19. The Hall–Kier alpha value is -0.680. The summed E-state index contributed by atoms with van der Waals surface area (Å²) >= 11 is 1.62. The number of likely N-dealkylation sites (N-methyl/N-ethyl adjacent to an activating group) is 1. The molecule has 1 unspecified atom stereocenters. The Morgan fingerprint density at radius 3 is 2.67 bits per heavy atom. The van der Waals surface area contributed by atoms with Crippen LogP contribution in [0.5, 0.6) is 0 Å². The number of hydrogen-bond acceptors (Lipinski definition) is 5. The second-order valence-electron chi connectivity index (χ2n) is 4.38. The Labute approximate surface area is 94.7 Å². The van der Waals surface area contributed by atoms with Crippen molar-refractivity contribution in [2.24, 2.45) is 5.92 Å². The highest BCUT2D eigenvalue weighted by Gasteiger charge is 2.32. The smallest absolute Gasteiger partial charge is 0.205 e. The van der Waals surface area contributed by atoms with Crippen molar-refractivity contribution in [3.8, 4) is 0 Å². The van der Waals surface area contributed by atoms with E-state index >= 15 is 0 Å². The minimum Gasteiger partial charge on any atom is -0.358 e. The van der Waals surface area contributed by atoms with Crippen LogP contribution in [0.1, 0.15) is 17.8 Å². The van der Waals surface area contributed by atoms with Crippen molar-refractivity contribution in [1.82, 2.24) is 15.1 Å². The van der Waals surface area contributed by atoms with Gasteiger partial charge in [-0.05, 0) is 39.8 Å². The molecule has 1 aromatic heterocycles. The van der Waals surface area contributed by atoms with Crippen LogP contribution in [0.2, 0.25) is 0 Å². The Balaban J connectivity index is 1.85. The fourth-order valence-electron chi connectivity index (χ4n) is 1.81. The van der Waals surface area contributed by atoms with Crippen molar-refractivity contribution in [1.29, 1.82) is 0 Å². The molecule has 0 aliphatic heterocycles. The molecule has 0 saturated heterocycles. The van der Waals surface area contributed by atoms with Crippen LogP contribution < -0.4 is 5.32 Å². The van der Waals surface area contributed by atoms with E-state index in [9.17, 15) is 0 Å². The van der Waals surface area contributed by atoms with E-state index < -0.39 is 0 Å². The van der Waals surface area contributed by atoms with Crippen LogP contribution in [0.15, 0.2) is 0 Å². The monoisotopic (exact) mass is 226 g/mol. The summed E-state index contributed by atoms with van der Waals surface area (Å²) in [7, 11) is 4.30. The van der Waals surface area contributed by atoms with Gasteiger partial charge in [-0.2, -0.15) is 0 Å². The predicted molar refractivity (Wildman–Crippen MR) is 63.3 cm³/mol. The summed E-state index contributed by atoms with van der Waals surface area (Å²) in [5, 5.41) is 13.4. The summed E-state index contributed by atoms with van der Waals surface area (Å²) in [4.78, 5) is 2.30. The molecule has 0 amide bonds. The summed E-state index contributed by atoms with van der Waals surface area (Å²) in [5.41, 5.74) is 0. The van der Waals surface area contributed by atoms with Gasteiger partial charge >= 0.3 is 0 Å². The van der Waals surface area contributed by atoms with Crippen LogP contribution in [0.3, 0.4) is 0 Å². The molecular weight excluding hydrogens is 208 g/mol. The molecule has 1 heterocycles. The van der Waals surface area contributed by atoms with E-state index in [4.69, 9.17) is 0 Å². The molecule has 0 bridgehead atoms. The van der Waals surface area contributed by atoms with Crippen LogP contribution in [0.4, 0.5) is 5.13 Å². The third kappa shape index (κ3) is 2.89. The molecule has 84 valence electrons. The molecule has 1 saturated carbocycles. The lowest BCUT2D eigenvalue weighted by Crippen LogP contribution is -2.36. The number of aromatic nitrogens is 2. The maximum atomic E-state index is 4.07. The van der Waals surface area contributed by atoms with E-state index in [-0.39, 0.29) is 0 Å². The van der Waals surface area contributed by atoms with E-state index in [0.29, 0.717) is 6.04 Å². The summed E-state index contributed by atoms with van der Waals surface area (Å²) < 4.78 is 0. The average Bonchev–Trinajstić information content (AvgIpc) is 2.90. The third-order valence-corrected chi connectivity index (χ3v) is 3.61. The van der Waals surface area contributed by atoms with Crippen molar-refractivity contribution < 1.29 is 0 Å². The number of rotatable bonds is 5. The molecule has 0 aromatic carbocycles. The highest BCUT2D eigenvalue weighted by atomic mass is 32.1. The predicted octanol–water partition coefficient (Wildman–Crippen LogP) is 1.60. The van der Waals surface area contributed by atoms with Crippen molar-refractivity contribution >= 4 is 16.5 Å². The lowest BCUT2D eigenvalue weighted by molar-refractivity contribution is 0.276. The molecule has 1 aliphatic carbocycles. The Morgan fingerprint density at radius 2 is 2.20 bits per heavy atom. The van der Waals surface area contributed by atoms with Gasteiger partial charge in [-0.1, -0.05) is 11.3 Å². The second kappa shape index (κ2) is 4.45. The molecule has 2 rings (SSSR count). The first kappa shape index (κ1) is 10.8. The number of nitrogens with one attached hydrogen (secondary N) is 1. The number of hydrogen-bond donors (Lipinski definition) is 1.